The minimum atomic E-state index is 0.242. The molecule has 0 aliphatic heterocycles. The van der Waals surface area contributed by atoms with Crippen LogP contribution in [0.3, 0.4) is 0 Å². The van der Waals surface area contributed by atoms with Gasteiger partial charge in [-0.15, -0.1) is 0 Å². The highest BCUT2D eigenvalue weighted by molar-refractivity contribution is 5.76. The highest BCUT2D eigenvalue weighted by Crippen LogP contribution is 2.47. The molecule has 1 aliphatic rings. The van der Waals surface area contributed by atoms with E-state index in [1.807, 2.05) is 6.92 Å². The highest BCUT2D eigenvalue weighted by atomic mass is 16.5. The second kappa shape index (κ2) is 3.69. The van der Waals surface area contributed by atoms with Crippen molar-refractivity contribution in [2.24, 2.45) is 17.3 Å². The molecule has 0 bridgehead atoms. The Kier molecular flexibility index (Phi) is 2.99. The van der Waals surface area contributed by atoms with Crippen LogP contribution < -0.4 is 0 Å². The Morgan fingerprint density at radius 3 is 2.46 bits per heavy atom. The van der Waals surface area contributed by atoms with Crippen molar-refractivity contribution >= 4 is 5.90 Å². The lowest BCUT2D eigenvalue weighted by Crippen LogP contribution is -2.30. The maximum Gasteiger partial charge on any atom is 0.184 e. The Morgan fingerprint density at radius 2 is 2.08 bits per heavy atom. The van der Waals surface area contributed by atoms with Crippen molar-refractivity contribution in [3.05, 3.63) is 0 Å². The van der Waals surface area contributed by atoms with Crippen LogP contribution in [0.15, 0.2) is 0 Å². The Morgan fingerprint density at radius 1 is 1.46 bits per heavy atom. The first-order valence-electron chi connectivity index (χ1n) is 5.21. The average Bonchev–Trinajstić information content (AvgIpc) is 2.28. The number of ether oxygens (including phenoxy) is 1. The predicted molar refractivity (Wildman–Crippen MR) is 55.0 cm³/mol. The lowest BCUT2D eigenvalue weighted by atomic mass is 9.76. The standard InChI is InChI=1S/C11H21NO/c1-5-13-10(12)9-7-6-8(2)11(9,3)4/h8-9,12H,5-7H2,1-4H3/t8?,9-/m1/s1. The summed E-state index contributed by atoms with van der Waals surface area (Å²) in [7, 11) is 0. The zero-order valence-corrected chi connectivity index (χ0v) is 9.18. The lowest BCUT2D eigenvalue weighted by molar-refractivity contribution is 0.203. The van der Waals surface area contributed by atoms with Gasteiger partial charge >= 0.3 is 0 Å². The molecule has 1 unspecified atom stereocenters. The predicted octanol–water partition coefficient (Wildman–Crippen LogP) is 3.07. The quantitative estimate of drug-likeness (QED) is 0.518. The van der Waals surface area contributed by atoms with E-state index in [1.54, 1.807) is 0 Å². The summed E-state index contributed by atoms with van der Waals surface area (Å²) in [5.74, 6) is 1.54. The van der Waals surface area contributed by atoms with Crippen molar-refractivity contribution in [3.63, 3.8) is 0 Å². The fourth-order valence-corrected chi connectivity index (χ4v) is 2.23. The molecule has 2 atom stereocenters. The topological polar surface area (TPSA) is 33.1 Å². The van der Waals surface area contributed by atoms with Gasteiger partial charge < -0.3 is 4.74 Å². The molecule has 0 aromatic rings. The van der Waals surface area contributed by atoms with E-state index < -0.39 is 0 Å². The van der Waals surface area contributed by atoms with Crippen molar-refractivity contribution in [2.45, 2.75) is 40.5 Å². The normalized spacial score (nSPS) is 31.7. The maximum absolute atomic E-state index is 7.81. The Labute approximate surface area is 81.2 Å². The van der Waals surface area contributed by atoms with Crippen LogP contribution >= 0.6 is 0 Å². The first-order chi connectivity index (χ1) is 6.00. The summed E-state index contributed by atoms with van der Waals surface area (Å²) in [4.78, 5) is 0. The highest BCUT2D eigenvalue weighted by Gasteiger charge is 2.43. The van der Waals surface area contributed by atoms with Gasteiger partial charge in [-0.3, -0.25) is 5.41 Å². The molecule has 13 heavy (non-hydrogen) atoms. The van der Waals surface area contributed by atoms with Gasteiger partial charge in [-0.05, 0) is 31.1 Å². The molecule has 0 heterocycles. The molecule has 0 spiro atoms. The van der Waals surface area contributed by atoms with Crippen molar-refractivity contribution in [1.29, 1.82) is 5.41 Å². The Balaban J connectivity index is 2.66. The Bertz CT molecular complexity index is 198. The van der Waals surface area contributed by atoms with E-state index in [0.29, 0.717) is 24.3 Å². The minimum absolute atomic E-state index is 0.242. The molecule has 0 radical (unpaired) electrons. The monoisotopic (exact) mass is 183 g/mol. The molecule has 1 N–H and O–H groups in total. The van der Waals surface area contributed by atoms with Crippen LogP contribution in [-0.4, -0.2) is 12.5 Å². The third-order valence-corrected chi connectivity index (χ3v) is 3.67. The van der Waals surface area contributed by atoms with E-state index in [1.165, 1.54) is 6.42 Å². The van der Waals surface area contributed by atoms with E-state index >= 15 is 0 Å². The molecule has 0 amide bonds. The van der Waals surface area contributed by atoms with Crippen molar-refractivity contribution < 1.29 is 4.74 Å². The number of nitrogens with one attached hydrogen (secondary N) is 1. The zero-order chi connectivity index (χ0) is 10.1. The van der Waals surface area contributed by atoms with E-state index in [2.05, 4.69) is 20.8 Å². The van der Waals surface area contributed by atoms with Crippen LogP contribution in [0.5, 0.6) is 0 Å². The molecule has 1 aliphatic carbocycles. The fourth-order valence-electron chi connectivity index (χ4n) is 2.23. The second-order valence-electron chi connectivity index (χ2n) is 4.65. The summed E-state index contributed by atoms with van der Waals surface area (Å²) in [5, 5.41) is 7.81. The summed E-state index contributed by atoms with van der Waals surface area (Å²) in [6.07, 6.45) is 2.35. The molecular weight excluding hydrogens is 162 g/mol. The van der Waals surface area contributed by atoms with Crippen LogP contribution in [-0.2, 0) is 4.74 Å². The van der Waals surface area contributed by atoms with Gasteiger partial charge in [0.15, 0.2) is 5.90 Å². The van der Waals surface area contributed by atoms with Crippen LogP contribution in [0.1, 0.15) is 40.5 Å². The first-order valence-corrected chi connectivity index (χ1v) is 5.21. The van der Waals surface area contributed by atoms with E-state index in [0.717, 1.165) is 6.42 Å². The second-order valence-corrected chi connectivity index (χ2v) is 4.65. The van der Waals surface area contributed by atoms with E-state index in [-0.39, 0.29) is 5.41 Å². The lowest BCUT2D eigenvalue weighted by Gasteiger charge is -2.30. The molecule has 1 saturated carbocycles. The molecule has 1 rings (SSSR count). The smallest absolute Gasteiger partial charge is 0.184 e. The van der Waals surface area contributed by atoms with Crippen molar-refractivity contribution in [2.75, 3.05) is 6.61 Å². The molecule has 76 valence electrons. The summed E-state index contributed by atoms with van der Waals surface area (Å²) < 4.78 is 5.29. The van der Waals surface area contributed by atoms with E-state index in [9.17, 15) is 0 Å². The fraction of sp³-hybridized carbons (Fsp3) is 0.909. The summed E-state index contributed by atoms with van der Waals surface area (Å²) in [6, 6.07) is 0. The van der Waals surface area contributed by atoms with Crippen LogP contribution in [0.25, 0.3) is 0 Å². The molecule has 2 nitrogen and oxygen atoms in total. The van der Waals surface area contributed by atoms with Crippen molar-refractivity contribution in [1.82, 2.24) is 0 Å². The van der Waals surface area contributed by atoms with E-state index in [4.69, 9.17) is 10.1 Å². The van der Waals surface area contributed by atoms with Gasteiger partial charge in [-0.25, -0.2) is 0 Å². The summed E-state index contributed by atoms with van der Waals surface area (Å²) in [5.41, 5.74) is 0.242. The maximum atomic E-state index is 7.81. The summed E-state index contributed by atoms with van der Waals surface area (Å²) in [6.45, 7) is 9.35. The van der Waals surface area contributed by atoms with Gasteiger partial charge in [0, 0.05) is 5.92 Å². The minimum Gasteiger partial charge on any atom is -0.481 e. The van der Waals surface area contributed by atoms with Crippen LogP contribution in [0.4, 0.5) is 0 Å². The Hall–Kier alpha value is -0.530. The number of hydrogen-bond acceptors (Lipinski definition) is 2. The molecule has 0 saturated heterocycles. The third-order valence-electron chi connectivity index (χ3n) is 3.67. The average molecular weight is 183 g/mol. The van der Waals surface area contributed by atoms with Crippen LogP contribution in [0.2, 0.25) is 0 Å². The van der Waals surface area contributed by atoms with Crippen molar-refractivity contribution in [3.8, 4) is 0 Å². The third kappa shape index (κ3) is 1.87. The van der Waals surface area contributed by atoms with Gasteiger partial charge in [0.05, 0.1) is 6.61 Å². The molecule has 1 fully saturated rings. The van der Waals surface area contributed by atoms with Gasteiger partial charge in [-0.1, -0.05) is 20.8 Å². The zero-order valence-electron chi connectivity index (χ0n) is 9.18. The van der Waals surface area contributed by atoms with Crippen LogP contribution in [0, 0.1) is 22.7 Å². The number of rotatable bonds is 2. The molecule has 0 aromatic carbocycles. The molecular formula is C11H21NO. The van der Waals surface area contributed by atoms with Gasteiger partial charge in [0.2, 0.25) is 0 Å². The van der Waals surface area contributed by atoms with Gasteiger partial charge in [0.1, 0.15) is 0 Å². The van der Waals surface area contributed by atoms with Gasteiger partial charge in [0.25, 0.3) is 0 Å². The number of hydrogen-bond donors (Lipinski definition) is 1. The molecule has 0 aromatic heterocycles. The summed E-state index contributed by atoms with van der Waals surface area (Å²) >= 11 is 0. The SMILES string of the molecule is CCOC(=N)[C@H]1CCC(C)C1(C)C. The largest absolute Gasteiger partial charge is 0.481 e. The van der Waals surface area contributed by atoms with Gasteiger partial charge in [-0.2, -0.15) is 0 Å². The molecule has 2 heteroatoms. The first kappa shape index (κ1) is 10.6.